The third kappa shape index (κ3) is 5.06. The van der Waals surface area contributed by atoms with E-state index in [9.17, 15) is 0 Å². The van der Waals surface area contributed by atoms with E-state index in [1.165, 1.54) is 150 Å². The Morgan fingerprint density at radius 2 is 1.10 bits per heavy atom. The van der Waals surface area contributed by atoms with Gasteiger partial charge in [-0.1, -0.05) is 155 Å². The second kappa shape index (κ2) is 12.9. The first-order valence-corrected chi connectivity index (χ1v) is 26.6. The van der Waals surface area contributed by atoms with Crippen molar-refractivity contribution in [2.75, 3.05) is 4.81 Å². The van der Waals surface area contributed by atoms with Gasteiger partial charge in [-0.15, -0.1) is 11.3 Å². The molecule has 2 nitrogen and oxygen atoms in total. The van der Waals surface area contributed by atoms with Crippen LogP contribution in [0, 0.1) is 0 Å². The lowest BCUT2D eigenvalue weighted by Crippen LogP contribution is -2.60. The van der Waals surface area contributed by atoms with Gasteiger partial charge in [-0.05, 0) is 161 Å². The number of fused-ring (bicyclic) bond motifs is 18. The van der Waals surface area contributed by atoms with E-state index in [0.29, 0.717) is 0 Å². The third-order valence-corrected chi connectivity index (χ3v) is 19.7. The van der Waals surface area contributed by atoms with Gasteiger partial charge in [0.2, 0.25) is 0 Å². The second-order valence-corrected chi connectivity index (χ2v) is 26.3. The molecule has 0 amide bonds. The maximum atomic E-state index is 2.77. The lowest BCUT2D eigenvalue weighted by Gasteiger charge is -2.43. The molecule has 5 aliphatic rings. The first-order chi connectivity index (χ1) is 33.3. The Morgan fingerprint density at radius 1 is 0.471 bits per heavy atom. The average Bonchev–Trinajstić information content (AvgIpc) is 4.00. The maximum Gasteiger partial charge on any atom is 0.333 e. The van der Waals surface area contributed by atoms with Crippen LogP contribution in [-0.4, -0.2) is 11.4 Å². The standard InChI is InChI=1S/C66H59BN2S/c1-62(2,3)36-20-22-37(23-21-36)69-56-30-44-42-28-52-53(64(6,7)27-26-63(52,4)5)34-50(42)66(10,11)49(44)29-45(56)40-24-25-41-46-33-59-47(39-17-13-15-19-58(39)70-59)32-55(46)68-57-31-43-38-16-12-14-18-48(38)65(8,9)51(43)35-54(57)67(69)60(40)61(41)68/h12-25,28-35H,26-27H2,1-11H3. The Balaban J connectivity index is 1.08. The van der Waals surface area contributed by atoms with Crippen molar-refractivity contribution < 1.29 is 0 Å². The quantitative estimate of drug-likeness (QED) is 0.149. The first kappa shape index (κ1) is 41.4. The van der Waals surface area contributed by atoms with Crippen LogP contribution in [0.5, 0.6) is 0 Å². The number of hydrogen-bond acceptors (Lipinski definition) is 2. The van der Waals surface area contributed by atoms with E-state index in [1.54, 1.807) is 5.56 Å². The van der Waals surface area contributed by atoms with Gasteiger partial charge in [0.15, 0.2) is 0 Å². The predicted molar refractivity (Wildman–Crippen MR) is 302 cm³/mol. The Hall–Kier alpha value is -6.36. The Bertz CT molecular complexity index is 4050. The molecular formula is C66H59BN2S. The van der Waals surface area contributed by atoms with E-state index >= 15 is 0 Å². The highest BCUT2D eigenvalue weighted by Gasteiger charge is 2.49. The van der Waals surface area contributed by atoms with Crippen LogP contribution < -0.4 is 15.7 Å². The minimum atomic E-state index is -0.166. The van der Waals surface area contributed by atoms with Gasteiger partial charge in [0.05, 0.1) is 11.0 Å². The molecule has 0 atom stereocenters. The highest BCUT2D eigenvalue weighted by atomic mass is 32.1. The van der Waals surface area contributed by atoms with Crippen molar-refractivity contribution in [3.8, 4) is 39.1 Å². The summed E-state index contributed by atoms with van der Waals surface area (Å²) in [6.45, 7) is 26.7. The third-order valence-electron chi connectivity index (χ3n) is 18.6. The largest absolute Gasteiger partial charge is 0.376 e. The molecule has 0 fully saturated rings. The van der Waals surface area contributed by atoms with Crippen molar-refractivity contribution >= 4 is 82.5 Å². The zero-order valence-corrected chi connectivity index (χ0v) is 43.3. The fourth-order valence-electron chi connectivity index (χ4n) is 14.5. The van der Waals surface area contributed by atoms with Crippen molar-refractivity contribution in [1.29, 1.82) is 0 Å². The van der Waals surface area contributed by atoms with Crippen LogP contribution in [0.2, 0.25) is 0 Å². The Labute approximate surface area is 417 Å². The van der Waals surface area contributed by atoms with Gasteiger partial charge in [-0.3, -0.25) is 0 Å². The first-order valence-electron chi connectivity index (χ1n) is 25.8. The summed E-state index contributed by atoms with van der Waals surface area (Å²) >= 11 is 1.92. The number of thiophene rings is 1. The van der Waals surface area contributed by atoms with E-state index in [-0.39, 0.29) is 33.9 Å². The zero-order valence-electron chi connectivity index (χ0n) is 42.5. The van der Waals surface area contributed by atoms with Crippen LogP contribution in [0.3, 0.4) is 0 Å². The van der Waals surface area contributed by atoms with Crippen LogP contribution in [-0.2, 0) is 27.1 Å². The van der Waals surface area contributed by atoms with Gasteiger partial charge in [0.25, 0.3) is 0 Å². The van der Waals surface area contributed by atoms with Gasteiger partial charge in [-0.25, -0.2) is 0 Å². The predicted octanol–water partition coefficient (Wildman–Crippen LogP) is 16.6. The monoisotopic (exact) mass is 922 g/mol. The molecular weight excluding hydrogens is 864 g/mol. The minimum absolute atomic E-state index is 0.0350. The highest BCUT2D eigenvalue weighted by molar-refractivity contribution is 7.25. The summed E-state index contributed by atoms with van der Waals surface area (Å²) in [4.78, 5) is 2.77. The SMILES string of the molecule is CC(C)(C)c1ccc(N2B3c4cc5c(cc4-n4c6cc7c(cc6c6ccc(c3c64)-c3cc4c(cc32)-c2cc3c(cc2C4(C)C)C(C)(C)CCC3(C)C)sc2ccccc27)-c2ccccc2C5(C)C)cc1. The number of anilines is 2. The molecule has 0 N–H and O–H groups in total. The van der Waals surface area contributed by atoms with E-state index in [0.717, 1.165) is 0 Å². The van der Waals surface area contributed by atoms with Crippen molar-refractivity contribution in [1.82, 2.24) is 4.57 Å². The van der Waals surface area contributed by atoms with E-state index in [1.807, 2.05) is 11.3 Å². The summed E-state index contributed by atoms with van der Waals surface area (Å²) in [5.41, 5.74) is 27.6. The maximum absolute atomic E-state index is 2.77. The molecule has 15 rings (SSSR count). The second-order valence-electron chi connectivity index (χ2n) is 25.2. The molecule has 10 aromatic rings. The van der Waals surface area contributed by atoms with Crippen LogP contribution in [0.15, 0.2) is 133 Å². The molecule has 2 aliphatic heterocycles. The van der Waals surface area contributed by atoms with Crippen molar-refractivity contribution in [2.24, 2.45) is 0 Å². The van der Waals surface area contributed by atoms with E-state index in [4.69, 9.17) is 0 Å². The lowest BCUT2D eigenvalue weighted by atomic mass is 9.43. The molecule has 3 aliphatic carbocycles. The van der Waals surface area contributed by atoms with E-state index in [2.05, 4.69) is 219 Å². The number of rotatable bonds is 1. The van der Waals surface area contributed by atoms with Gasteiger partial charge in [0, 0.05) is 64.4 Å². The molecule has 0 spiro atoms. The van der Waals surface area contributed by atoms with Crippen LogP contribution >= 0.6 is 11.3 Å². The van der Waals surface area contributed by atoms with Crippen molar-refractivity contribution in [2.45, 2.75) is 116 Å². The fourth-order valence-corrected chi connectivity index (χ4v) is 15.6. The summed E-state index contributed by atoms with van der Waals surface area (Å²) < 4.78 is 5.39. The van der Waals surface area contributed by atoms with Crippen LogP contribution in [0.4, 0.5) is 11.4 Å². The smallest absolute Gasteiger partial charge is 0.333 e. The Morgan fingerprint density at radius 3 is 1.87 bits per heavy atom. The molecule has 4 heterocycles. The summed E-state index contributed by atoms with van der Waals surface area (Å²) in [6, 6.07) is 53.6. The van der Waals surface area contributed by atoms with Crippen LogP contribution in [0.25, 0.3) is 81.0 Å². The molecule has 342 valence electrons. The summed E-state index contributed by atoms with van der Waals surface area (Å²) in [6.07, 6.45) is 2.41. The van der Waals surface area contributed by atoms with Crippen molar-refractivity contribution in [3.63, 3.8) is 0 Å². The topological polar surface area (TPSA) is 8.17 Å². The fraction of sp³-hybridized carbons (Fsp3) is 0.273. The molecule has 8 aromatic carbocycles. The number of hydrogen-bond donors (Lipinski definition) is 0. The minimum Gasteiger partial charge on any atom is -0.376 e. The van der Waals surface area contributed by atoms with Gasteiger partial charge >= 0.3 is 6.85 Å². The Kier molecular flexibility index (Phi) is 7.66. The average molecular weight is 923 g/mol. The van der Waals surface area contributed by atoms with Gasteiger partial charge < -0.3 is 9.38 Å². The normalized spacial score (nSPS) is 17.9. The molecule has 0 radical (unpaired) electrons. The highest BCUT2D eigenvalue weighted by Crippen LogP contribution is 2.58. The van der Waals surface area contributed by atoms with Crippen LogP contribution in [0.1, 0.15) is 128 Å². The lowest BCUT2D eigenvalue weighted by molar-refractivity contribution is 0.331. The molecule has 0 bridgehead atoms. The van der Waals surface area contributed by atoms with E-state index < -0.39 is 0 Å². The molecule has 70 heavy (non-hydrogen) atoms. The molecule has 0 saturated heterocycles. The number of aromatic nitrogens is 1. The van der Waals surface area contributed by atoms with Gasteiger partial charge in [-0.2, -0.15) is 0 Å². The summed E-state index contributed by atoms with van der Waals surface area (Å²) in [5.74, 6) is 0. The molecule has 4 heteroatoms. The molecule has 0 saturated carbocycles. The molecule has 2 aromatic heterocycles. The number of nitrogens with zero attached hydrogens (tertiary/aromatic N) is 2. The van der Waals surface area contributed by atoms with Gasteiger partial charge in [0.1, 0.15) is 0 Å². The summed E-state index contributed by atoms with van der Waals surface area (Å²) in [5, 5.41) is 5.35. The van der Waals surface area contributed by atoms with Crippen molar-refractivity contribution in [3.05, 3.63) is 172 Å². The zero-order chi connectivity index (χ0) is 47.9. The number of benzene rings is 8. The summed E-state index contributed by atoms with van der Waals surface area (Å²) in [7, 11) is 0. The molecule has 0 unspecified atom stereocenters.